The first kappa shape index (κ1) is 22.3. The van der Waals surface area contributed by atoms with E-state index in [2.05, 4.69) is 15.0 Å². The minimum atomic E-state index is -1.14. The van der Waals surface area contributed by atoms with Crippen LogP contribution in [0.2, 0.25) is 0 Å². The van der Waals surface area contributed by atoms with E-state index in [0.717, 1.165) is 17.8 Å². The summed E-state index contributed by atoms with van der Waals surface area (Å²) < 4.78 is 50.2. The number of carbonyl (C=O) groups excluding carboxylic acids is 1. The molecule has 3 aromatic carbocycles. The lowest BCUT2D eigenvalue weighted by molar-refractivity contribution is 0.103. The van der Waals surface area contributed by atoms with E-state index in [9.17, 15) is 13.6 Å². The molecule has 0 aliphatic carbocycles. The number of aromatic nitrogens is 4. The Labute approximate surface area is 197 Å². The van der Waals surface area contributed by atoms with Crippen LogP contribution in [0.4, 0.5) is 13.2 Å². The lowest BCUT2D eigenvalue weighted by Gasteiger charge is -2.11. The molecule has 0 atom stereocenters. The number of nitrogens with zero attached hydrogens (tertiary/aromatic N) is 4. The van der Waals surface area contributed by atoms with Crippen molar-refractivity contribution in [2.75, 3.05) is 0 Å². The van der Waals surface area contributed by atoms with Gasteiger partial charge in [0.1, 0.15) is 24.6 Å². The Morgan fingerprint density at radius 3 is 2.63 bits per heavy atom. The molecule has 0 saturated carbocycles. The van der Waals surface area contributed by atoms with Crippen LogP contribution in [-0.2, 0) is 6.61 Å². The molecule has 0 aliphatic heterocycles. The molecule has 0 unspecified atom stereocenters. The summed E-state index contributed by atoms with van der Waals surface area (Å²) in [7, 11) is 0. The number of hydrogen-bond acceptors (Lipinski definition) is 5. The fourth-order valence-corrected chi connectivity index (χ4v) is 3.60. The highest BCUT2D eigenvalue weighted by atomic mass is 19.1. The van der Waals surface area contributed by atoms with Gasteiger partial charge in [0, 0.05) is 11.8 Å². The maximum atomic E-state index is 15.2. The molecule has 2 aromatic heterocycles. The van der Waals surface area contributed by atoms with Crippen LogP contribution < -0.4 is 4.74 Å². The van der Waals surface area contributed by atoms with E-state index in [1.54, 1.807) is 35.4 Å². The molecule has 0 fully saturated rings. The van der Waals surface area contributed by atoms with Crippen LogP contribution in [0.5, 0.6) is 5.75 Å². The fourth-order valence-electron chi connectivity index (χ4n) is 3.60. The highest BCUT2D eigenvalue weighted by Gasteiger charge is 2.23. The molecule has 0 radical (unpaired) electrons. The number of ether oxygens (including phenoxy) is 1. The quantitative estimate of drug-likeness (QED) is 0.310. The third kappa shape index (κ3) is 4.48. The van der Waals surface area contributed by atoms with Crippen molar-refractivity contribution in [2.24, 2.45) is 0 Å². The zero-order chi connectivity index (χ0) is 24.5. The van der Waals surface area contributed by atoms with Gasteiger partial charge in [-0.2, -0.15) is 0 Å². The number of rotatable bonds is 6. The van der Waals surface area contributed by atoms with Crippen molar-refractivity contribution in [3.63, 3.8) is 0 Å². The number of fused-ring (bicyclic) bond motifs is 1. The molecule has 0 amide bonds. The van der Waals surface area contributed by atoms with Crippen LogP contribution in [0.25, 0.3) is 16.9 Å². The Hall–Kier alpha value is -4.53. The molecule has 6 nitrogen and oxygen atoms in total. The normalized spacial score (nSPS) is 11.1. The molecule has 0 aliphatic rings. The van der Waals surface area contributed by atoms with E-state index < -0.39 is 28.8 Å². The van der Waals surface area contributed by atoms with Crippen molar-refractivity contribution in [3.8, 4) is 11.6 Å². The van der Waals surface area contributed by atoms with E-state index in [1.807, 2.05) is 6.92 Å². The van der Waals surface area contributed by atoms with E-state index in [4.69, 9.17) is 4.74 Å². The van der Waals surface area contributed by atoms with Gasteiger partial charge in [-0.05, 0) is 55.0 Å². The number of ketones is 1. The van der Waals surface area contributed by atoms with Gasteiger partial charge in [-0.3, -0.25) is 14.3 Å². The Kier molecular flexibility index (Phi) is 5.74. The van der Waals surface area contributed by atoms with Crippen LogP contribution in [0.3, 0.4) is 0 Å². The lowest BCUT2D eigenvalue weighted by atomic mass is 10.0. The number of hydrogen-bond donors (Lipinski definition) is 0. The molecule has 5 rings (SSSR count). The zero-order valence-corrected chi connectivity index (χ0v) is 18.4. The Balaban J connectivity index is 1.47. The number of aryl methyl sites for hydroxylation is 1. The Morgan fingerprint density at radius 1 is 1.00 bits per heavy atom. The zero-order valence-electron chi connectivity index (χ0n) is 18.4. The van der Waals surface area contributed by atoms with Gasteiger partial charge in [0.15, 0.2) is 23.2 Å². The average molecular weight is 474 g/mol. The van der Waals surface area contributed by atoms with Crippen LogP contribution >= 0.6 is 0 Å². The summed E-state index contributed by atoms with van der Waals surface area (Å²) in [5.74, 6) is -3.35. The van der Waals surface area contributed by atoms with Crippen molar-refractivity contribution in [2.45, 2.75) is 13.5 Å². The maximum absolute atomic E-state index is 15.2. The second-order valence-corrected chi connectivity index (χ2v) is 7.84. The van der Waals surface area contributed by atoms with Gasteiger partial charge in [0.2, 0.25) is 0 Å². The number of imidazole rings is 1. The summed E-state index contributed by atoms with van der Waals surface area (Å²) >= 11 is 0. The van der Waals surface area contributed by atoms with Gasteiger partial charge < -0.3 is 4.74 Å². The number of halogens is 3. The summed E-state index contributed by atoms with van der Waals surface area (Å²) in [6.07, 6.45) is 4.91. The standard InChI is InChI=1S/C26H17F3N4O2/c1-15-12-33(14-31-15)23-11-30-20-7-5-17(10-21(20)32-23)26(34)24-19(28)6-8-22(25(24)29)35-13-16-3-2-4-18(27)9-16/h2-12,14H,13H2,1H3. The SMILES string of the molecule is Cc1cn(-c2cnc3ccc(C(=O)c4c(F)ccc(OCc5cccc(F)c5)c4F)cc3n2)cn1. The van der Waals surface area contributed by atoms with Gasteiger partial charge in [0.05, 0.1) is 28.5 Å². The van der Waals surface area contributed by atoms with Crippen molar-refractivity contribution in [3.05, 3.63) is 113 Å². The predicted molar refractivity (Wildman–Crippen MR) is 122 cm³/mol. The third-order valence-corrected chi connectivity index (χ3v) is 5.33. The van der Waals surface area contributed by atoms with Gasteiger partial charge in [0.25, 0.3) is 0 Å². The van der Waals surface area contributed by atoms with E-state index in [-0.39, 0.29) is 17.9 Å². The summed E-state index contributed by atoms with van der Waals surface area (Å²) in [5.41, 5.74) is 1.41. The largest absolute Gasteiger partial charge is 0.486 e. The fraction of sp³-hybridized carbons (Fsp3) is 0.0769. The first-order valence-electron chi connectivity index (χ1n) is 10.6. The van der Waals surface area contributed by atoms with Crippen LogP contribution in [-0.4, -0.2) is 25.3 Å². The molecular weight excluding hydrogens is 457 g/mol. The van der Waals surface area contributed by atoms with Crippen molar-refractivity contribution in [1.29, 1.82) is 0 Å². The average Bonchev–Trinajstić information content (AvgIpc) is 3.29. The first-order valence-corrected chi connectivity index (χ1v) is 10.6. The van der Waals surface area contributed by atoms with Crippen LogP contribution in [0.1, 0.15) is 27.2 Å². The van der Waals surface area contributed by atoms with E-state index in [1.165, 1.54) is 30.3 Å². The van der Waals surface area contributed by atoms with E-state index >= 15 is 4.39 Å². The number of benzene rings is 3. The summed E-state index contributed by atoms with van der Waals surface area (Å²) in [6, 6.07) is 12.1. The molecule has 0 N–H and O–H groups in total. The minimum Gasteiger partial charge on any atom is -0.486 e. The number of carbonyl (C=O) groups is 1. The van der Waals surface area contributed by atoms with Gasteiger partial charge in [-0.1, -0.05) is 12.1 Å². The summed E-state index contributed by atoms with van der Waals surface area (Å²) in [5, 5.41) is 0. The van der Waals surface area contributed by atoms with Gasteiger partial charge in [-0.15, -0.1) is 0 Å². The van der Waals surface area contributed by atoms with Gasteiger partial charge >= 0.3 is 0 Å². The second-order valence-electron chi connectivity index (χ2n) is 7.84. The van der Waals surface area contributed by atoms with Crippen LogP contribution in [0, 0.1) is 24.4 Å². The molecule has 5 aromatic rings. The molecule has 174 valence electrons. The monoisotopic (exact) mass is 474 g/mol. The van der Waals surface area contributed by atoms with Gasteiger partial charge in [-0.25, -0.2) is 23.1 Å². The molecule has 0 bridgehead atoms. The smallest absolute Gasteiger partial charge is 0.199 e. The van der Waals surface area contributed by atoms with Crippen molar-refractivity contribution in [1.82, 2.24) is 19.5 Å². The van der Waals surface area contributed by atoms with Crippen molar-refractivity contribution >= 4 is 16.8 Å². The molecular formula is C26H17F3N4O2. The summed E-state index contributed by atoms with van der Waals surface area (Å²) in [6.45, 7) is 1.68. The Morgan fingerprint density at radius 2 is 1.86 bits per heavy atom. The molecule has 0 spiro atoms. The first-order chi connectivity index (χ1) is 16.9. The molecule has 35 heavy (non-hydrogen) atoms. The molecule has 0 saturated heterocycles. The topological polar surface area (TPSA) is 69.9 Å². The highest BCUT2D eigenvalue weighted by Crippen LogP contribution is 2.27. The second kappa shape index (κ2) is 9.02. The minimum absolute atomic E-state index is 0.0332. The molecule has 9 heteroatoms. The molecule has 2 heterocycles. The highest BCUT2D eigenvalue weighted by molar-refractivity contribution is 6.10. The predicted octanol–water partition coefficient (Wildman–Crippen LogP) is 5.35. The Bertz CT molecular complexity index is 1580. The summed E-state index contributed by atoms with van der Waals surface area (Å²) in [4.78, 5) is 26.1. The van der Waals surface area contributed by atoms with Crippen LogP contribution in [0.15, 0.2) is 73.3 Å². The van der Waals surface area contributed by atoms with Crippen molar-refractivity contribution < 1.29 is 22.7 Å². The third-order valence-electron chi connectivity index (χ3n) is 5.33. The van der Waals surface area contributed by atoms with E-state index in [0.29, 0.717) is 22.4 Å². The maximum Gasteiger partial charge on any atom is 0.199 e. The lowest BCUT2D eigenvalue weighted by Crippen LogP contribution is -2.10.